The van der Waals surface area contributed by atoms with Crippen LogP contribution in [0.2, 0.25) is 0 Å². The van der Waals surface area contributed by atoms with Gasteiger partial charge in [0.25, 0.3) is 0 Å². The van der Waals surface area contributed by atoms with Crippen LogP contribution in [0.5, 0.6) is 0 Å². The standard InChI is InChI=1S/C9H9BrN2/c1-7-3-4-8(5-9(7)10)12(2)6-11/h3-5H,1-2H3. The second-order valence-corrected chi connectivity index (χ2v) is 3.45. The molecule has 0 fully saturated rings. The van der Waals surface area contributed by atoms with E-state index in [1.807, 2.05) is 31.3 Å². The molecule has 0 aliphatic rings. The van der Waals surface area contributed by atoms with Gasteiger partial charge in [0.15, 0.2) is 6.19 Å². The molecule has 12 heavy (non-hydrogen) atoms. The van der Waals surface area contributed by atoms with E-state index < -0.39 is 0 Å². The van der Waals surface area contributed by atoms with Gasteiger partial charge in [0.2, 0.25) is 0 Å². The minimum Gasteiger partial charge on any atom is -0.283 e. The fourth-order valence-corrected chi connectivity index (χ4v) is 1.21. The highest BCUT2D eigenvalue weighted by Crippen LogP contribution is 2.22. The maximum Gasteiger partial charge on any atom is 0.183 e. The van der Waals surface area contributed by atoms with E-state index in [1.165, 1.54) is 10.5 Å². The van der Waals surface area contributed by atoms with Crippen LogP contribution < -0.4 is 4.90 Å². The highest BCUT2D eigenvalue weighted by Gasteiger charge is 2.00. The molecule has 0 aliphatic heterocycles. The summed E-state index contributed by atoms with van der Waals surface area (Å²) in [6.45, 7) is 2.01. The molecule has 1 aromatic carbocycles. The first-order chi connectivity index (χ1) is 5.65. The van der Waals surface area contributed by atoms with Gasteiger partial charge in [-0.2, -0.15) is 5.26 Å². The third kappa shape index (κ3) is 1.77. The van der Waals surface area contributed by atoms with E-state index in [1.54, 1.807) is 7.05 Å². The Hall–Kier alpha value is -1.01. The molecule has 0 saturated carbocycles. The summed E-state index contributed by atoms with van der Waals surface area (Å²) < 4.78 is 1.03. The Balaban J connectivity index is 3.06. The number of benzene rings is 1. The van der Waals surface area contributed by atoms with Gasteiger partial charge in [-0.05, 0) is 24.6 Å². The number of hydrogen-bond donors (Lipinski definition) is 0. The van der Waals surface area contributed by atoms with Crippen molar-refractivity contribution in [3.63, 3.8) is 0 Å². The second-order valence-electron chi connectivity index (χ2n) is 2.59. The fraction of sp³-hybridized carbons (Fsp3) is 0.222. The van der Waals surface area contributed by atoms with Gasteiger partial charge in [0.1, 0.15) is 0 Å². The van der Waals surface area contributed by atoms with Crippen molar-refractivity contribution in [3.05, 3.63) is 28.2 Å². The molecule has 0 unspecified atom stereocenters. The van der Waals surface area contributed by atoms with Gasteiger partial charge < -0.3 is 0 Å². The molecule has 62 valence electrons. The van der Waals surface area contributed by atoms with Gasteiger partial charge in [-0.1, -0.05) is 22.0 Å². The summed E-state index contributed by atoms with van der Waals surface area (Å²) in [4.78, 5) is 1.52. The number of aryl methyl sites for hydroxylation is 1. The van der Waals surface area contributed by atoms with E-state index >= 15 is 0 Å². The van der Waals surface area contributed by atoms with Gasteiger partial charge >= 0.3 is 0 Å². The molecule has 2 nitrogen and oxygen atoms in total. The largest absolute Gasteiger partial charge is 0.283 e. The van der Waals surface area contributed by atoms with Crippen molar-refractivity contribution in [2.24, 2.45) is 0 Å². The van der Waals surface area contributed by atoms with Crippen LogP contribution in [-0.4, -0.2) is 7.05 Å². The second kappa shape index (κ2) is 3.59. The number of nitriles is 1. The lowest BCUT2D eigenvalue weighted by Gasteiger charge is -2.09. The van der Waals surface area contributed by atoms with Crippen molar-refractivity contribution < 1.29 is 0 Å². The van der Waals surface area contributed by atoms with Gasteiger partial charge in [0.05, 0.1) is 5.69 Å². The van der Waals surface area contributed by atoms with Crippen molar-refractivity contribution in [1.29, 1.82) is 5.26 Å². The van der Waals surface area contributed by atoms with Gasteiger partial charge in [-0.3, -0.25) is 4.90 Å². The monoisotopic (exact) mass is 224 g/mol. The first-order valence-electron chi connectivity index (χ1n) is 3.55. The summed E-state index contributed by atoms with van der Waals surface area (Å²) in [6.07, 6.45) is 2.04. The zero-order valence-electron chi connectivity index (χ0n) is 7.00. The van der Waals surface area contributed by atoms with E-state index in [4.69, 9.17) is 5.26 Å². The summed E-state index contributed by atoms with van der Waals surface area (Å²) in [5, 5.41) is 8.61. The molecule has 3 heteroatoms. The molecule has 0 aliphatic carbocycles. The first kappa shape index (κ1) is 9.08. The van der Waals surface area contributed by atoms with Crippen LogP contribution in [0.1, 0.15) is 5.56 Å². The van der Waals surface area contributed by atoms with Crippen LogP contribution >= 0.6 is 15.9 Å². The smallest absolute Gasteiger partial charge is 0.183 e. The summed E-state index contributed by atoms with van der Waals surface area (Å²) in [6, 6.07) is 5.83. The van der Waals surface area contributed by atoms with Crippen LogP contribution in [0.15, 0.2) is 22.7 Å². The van der Waals surface area contributed by atoms with Crippen molar-refractivity contribution in [3.8, 4) is 6.19 Å². The third-order valence-electron chi connectivity index (χ3n) is 1.69. The lowest BCUT2D eigenvalue weighted by Crippen LogP contribution is -2.07. The molecule has 0 spiro atoms. The van der Waals surface area contributed by atoms with E-state index in [2.05, 4.69) is 15.9 Å². The van der Waals surface area contributed by atoms with Crippen molar-refractivity contribution in [2.75, 3.05) is 11.9 Å². The van der Waals surface area contributed by atoms with E-state index in [-0.39, 0.29) is 0 Å². The van der Waals surface area contributed by atoms with E-state index in [9.17, 15) is 0 Å². The Bertz CT molecular complexity index is 328. The number of hydrogen-bond acceptors (Lipinski definition) is 2. The predicted molar refractivity (Wildman–Crippen MR) is 52.9 cm³/mol. The molecule has 1 rings (SSSR count). The molecule has 0 atom stereocenters. The van der Waals surface area contributed by atoms with Gasteiger partial charge in [0, 0.05) is 11.5 Å². The number of halogens is 1. The van der Waals surface area contributed by atoms with Crippen LogP contribution in [0, 0.1) is 18.4 Å². The van der Waals surface area contributed by atoms with Crippen LogP contribution in [-0.2, 0) is 0 Å². The summed E-state index contributed by atoms with van der Waals surface area (Å²) in [5.41, 5.74) is 2.07. The zero-order valence-corrected chi connectivity index (χ0v) is 8.59. The Kier molecular flexibility index (Phi) is 2.72. The maximum atomic E-state index is 8.61. The molecule has 0 aromatic heterocycles. The highest BCUT2D eigenvalue weighted by atomic mass is 79.9. The SMILES string of the molecule is Cc1ccc(N(C)C#N)cc1Br. The Labute approximate surface area is 80.5 Å². The number of rotatable bonds is 1. The normalized spacial score (nSPS) is 9.17. The minimum atomic E-state index is 0.898. The molecule has 1 aromatic rings. The first-order valence-corrected chi connectivity index (χ1v) is 4.34. The molecule has 0 radical (unpaired) electrons. The molecule has 0 saturated heterocycles. The molecular formula is C9H9BrN2. The molecular weight excluding hydrogens is 216 g/mol. The Morgan fingerprint density at radius 3 is 2.67 bits per heavy atom. The van der Waals surface area contributed by atoms with Crippen molar-refractivity contribution in [2.45, 2.75) is 6.92 Å². The molecule has 0 N–H and O–H groups in total. The molecule has 0 heterocycles. The topological polar surface area (TPSA) is 27.0 Å². The van der Waals surface area contributed by atoms with E-state index in [0.717, 1.165) is 10.2 Å². The van der Waals surface area contributed by atoms with Gasteiger partial charge in [-0.25, -0.2) is 0 Å². The van der Waals surface area contributed by atoms with Crippen molar-refractivity contribution >= 4 is 21.6 Å². The Morgan fingerprint density at radius 1 is 1.50 bits per heavy atom. The summed E-state index contributed by atoms with van der Waals surface area (Å²) in [7, 11) is 1.73. The molecule has 0 amide bonds. The fourth-order valence-electron chi connectivity index (χ4n) is 0.848. The van der Waals surface area contributed by atoms with Crippen molar-refractivity contribution in [1.82, 2.24) is 0 Å². The molecule has 0 bridgehead atoms. The average molecular weight is 225 g/mol. The lowest BCUT2D eigenvalue weighted by atomic mass is 10.2. The van der Waals surface area contributed by atoms with E-state index in [0.29, 0.717) is 0 Å². The number of anilines is 1. The third-order valence-corrected chi connectivity index (χ3v) is 2.55. The van der Waals surface area contributed by atoms with Gasteiger partial charge in [-0.15, -0.1) is 0 Å². The summed E-state index contributed by atoms with van der Waals surface area (Å²) in [5.74, 6) is 0. The van der Waals surface area contributed by atoms with Crippen LogP contribution in [0.3, 0.4) is 0 Å². The lowest BCUT2D eigenvalue weighted by molar-refractivity contribution is 1.20. The maximum absolute atomic E-state index is 8.61. The quantitative estimate of drug-likeness (QED) is 0.542. The zero-order chi connectivity index (χ0) is 9.14. The highest BCUT2D eigenvalue weighted by molar-refractivity contribution is 9.10. The average Bonchev–Trinajstić information content (AvgIpc) is 2.08. The minimum absolute atomic E-state index is 0.898. The van der Waals surface area contributed by atoms with Crippen LogP contribution in [0.25, 0.3) is 0 Å². The van der Waals surface area contributed by atoms with Crippen LogP contribution in [0.4, 0.5) is 5.69 Å². The number of nitrogens with zero attached hydrogens (tertiary/aromatic N) is 2. The predicted octanol–water partition coefficient (Wildman–Crippen LogP) is 2.67. The Morgan fingerprint density at radius 2 is 2.17 bits per heavy atom. The summed E-state index contributed by atoms with van der Waals surface area (Å²) >= 11 is 3.41.